The Labute approximate surface area is 91.5 Å². The van der Waals surface area contributed by atoms with E-state index in [0.29, 0.717) is 6.04 Å². The number of rotatable bonds is 5. The average Bonchev–Trinajstić information content (AvgIpc) is 2.15. The van der Waals surface area contributed by atoms with Crippen LogP contribution in [0.25, 0.3) is 0 Å². The van der Waals surface area contributed by atoms with Gasteiger partial charge in [-0.1, -0.05) is 37.1 Å². The van der Waals surface area contributed by atoms with Crippen LogP contribution in [0.15, 0.2) is 24.3 Å². The fraction of sp³-hybridized carbons (Fsp3) is 0.500. The van der Waals surface area contributed by atoms with Gasteiger partial charge in [-0.15, -0.1) is 0 Å². The van der Waals surface area contributed by atoms with Gasteiger partial charge in [0.25, 0.3) is 0 Å². The van der Waals surface area contributed by atoms with E-state index in [2.05, 4.69) is 25.2 Å². The number of nitrogens with one attached hydrogen (secondary N) is 1. The number of benzene rings is 1. The van der Waals surface area contributed by atoms with Gasteiger partial charge in [0.2, 0.25) is 0 Å². The first kappa shape index (κ1) is 11.5. The molecule has 1 N–H and O–H groups in total. The maximum Gasteiger partial charge on any atom is 0.0409 e. The lowest BCUT2D eigenvalue weighted by Crippen LogP contribution is -2.24. The maximum atomic E-state index is 5.89. The molecule has 14 heavy (non-hydrogen) atoms. The summed E-state index contributed by atoms with van der Waals surface area (Å²) >= 11 is 5.89. The minimum atomic E-state index is 0.582. The largest absolute Gasteiger partial charge is 0.310 e. The van der Waals surface area contributed by atoms with E-state index in [9.17, 15) is 0 Å². The predicted octanol–water partition coefficient (Wildman–Crippen LogP) is 3.62. The van der Waals surface area contributed by atoms with Gasteiger partial charge in [0, 0.05) is 17.6 Å². The normalized spacial score (nSPS) is 12.8. The smallest absolute Gasteiger partial charge is 0.0409 e. The van der Waals surface area contributed by atoms with Crippen LogP contribution in [0.4, 0.5) is 0 Å². The van der Waals surface area contributed by atoms with Gasteiger partial charge in [-0.25, -0.2) is 0 Å². The first-order valence-corrected chi connectivity index (χ1v) is 5.58. The van der Waals surface area contributed by atoms with Crippen molar-refractivity contribution in [1.82, 2.24) is 5.32 Å². The molecule has 0 bridgehead atoms. The summed E-state index contributed by atoms with van der Waals surface area (Å²) < 4.78 is 0. The summed E-state index contributed by atoms with van der Waals surface area (Å²) in [7, 11) is 0. The molecule has 1 aromatic carbocycles. The molecular formula is C12H18ClN. The molecule has 0 radical (unpaired) electrons. The van der Waals surface area contributed by atoms with Crippen LogP contribution in [0, 0.1) is 0 Å². The highest BCUT2D eigenvalue weighted by Gasteiger charge is 1.99. The first-order chi connectivity index (χ1) is 6.72. The lowest BCUT2D eigenvalue weighted by atomic mass is 10.1. The van der Waals surface area contributed by atoms with Crippen molar-refractivity contribution in [1.29, 1.82) is 0 Å². The molecule has 1 nitrogen and oxygen atoms in total. The zero-order valence-corrected chi connectivity index (χ0v) is 9.64. The van der Waals surface area contributed by atoms with Crippen molar-refractivity contribution in [2.75, 3.05) is 0 Å². The van der Waals surface area contributed by atoms with Crippen molar-refractivity contribution >= 4 is 11.6 Å². The third-order valence-corrected chi connectivity index (χ3v) is 2.50. The highest BCUT2D eigenvalue weighted by Crippen LogP contribution is 2.10. The minimum Gasteiger partial charge on any atom is -0.310 e. The van der Waals surface area contributed by atoms with E-state index < -0.39 is 0 Å². The van der Waals surface area contributed by atoms with Crippen molar-refractivity contribution in [3.05, 3.63) is 34.9 Å². The van der Waals surface area contributed by atoms with Gasteiger partial charge in [0.15, 0.2) is 0 Å². The molecule has 1 aromatic rings. The van der Waals surface area contributed by atoms with E-state index in [-0.39, 0.29) is 0 Å². The van der Waals surface area contributed by atoms with Gasteiger partial charge in [-0.05, 0) is 31.0 Å². The summed E-state index contributed by atoms with van der Waals surface area (Å²) in [6.45, 7) is 5.33. The molecular weight excluding hydrogens is 194 g/mol. The van der Waals surface area contributed by atoms with Crippen LogP contribution < -0.4 is 5.32 Å². The SMILES string of the molecule is CCCC(C)NCc1cccc(Cl)c1. The van der Waals surface area contributed by atoms with Gasteiger partial charge < -0.3 is 5.32 Å². The summed E-state index contributed by atoms with van der Waals surface area (Å²) in [5, 5.41) is 4.28. The third kappa shape index (κ3) is 4.12. The Kier molecular flexibility index (Phi) is 4.99. The minimum absolute atomic E-state index is 0.582. The summed E-state index contributed by atoms with van der Waals surface area (Å²) in [5.74, 6) is 0. The molecule has 0 saturated heterocycles. The van der Waals surface area contributed by atoms with Crippen molar-refractivity contribution in [3.8, 4) is 0 Å². The van der Waals surface area contributed by atoms with Crippen LogP contribution in [0.2, 0.25) is 5.02 Å². The molecule has 78 valence electrons. The second-order valence-corrected chi connectivity index (χ2v) is 4.14. The Morgan fingerprint density at radius 1 is 1.43 bits per heavy atom. The molecule has 0 fully saturated rings. The molecule has 1 rings (SSSR count). The predicted molar refractivity (Wildman–Crippen MR) is 62.7 cm³/mol. The van der Waals surface area contributed by atoms with Gasteiger partial charge in [0.1, 0.15) is 0 Å². The molecule has 1 unspecified atom stereocenters. The maximum absolute atomic E-state index is 5.89. The highest BCUT2D eigenvalue weighted by molar-refractivity contribution is 6.30. The van der Waals surface area contributed by atoms with Crippen LogP contribution >= 0.6 is 11.6 Å². The summed E-state index contributed by atoms with van der Waals surface area (Å²) in [6, 6.07) is 8.58. The molecule has 0 aliphatic carbocycles. The van der Waals surface area contributed by atoms with Gasteiger partial charge in [-0.3, -0.25) is 0 Å². The van der Waals surface area contributed by atoms with E-state index in [4.69, 9.17) is 11.6 Å². The Bertz CT molecular complexity index is 273. The van der Waals surface area contributed by atoms with E-state index in [1.54, 1.807) is 0 Å². The Balaban J connectivity index is 2.37. The quantitative estimate of drug-likeness (QED) is 0.785. The summed E-state index contributed by atoms with van der Waals surface area (Å²) in [4.78, 5) is 0. The fourth-order valence-electron chi connectivity index (χ4n) is 1.47. The van der Waals surface area contributed by atoms with Crippen molar-refractivity contribution in [2.45, 2.75) is 39.3 Å². The average molecular weight is 212 g/mol. The first-order valence-electron chi connectivity index (χ1n) is 5.20. The second-order valence-electron chi connectivity index (χ2n) is 3.70. The molecule has 0 spiro atoms. The topological polar surface area (TPSA) is 12.0 Å². The standard InChI is InChI=1S/C12H18ClN/c1-3-5-10(2)14-9-11-6-4-7-12(13)8-11/h4,6-8,10,14H,3,5,9H2,1-2H3. The lowest BCUT2D eigenvalue weighted by Gasteiger charge is -2.12. The lowest BCUT2D eigenvalue weighted by molar-refractivity contribution is 0.508. The Morgan fingerprint density at radius 2 is 2.21 bits per heavy atom. The number of hydrogen-bond donors (Lipinski definition) is 1. The van der Waals surface area contributed by atoms with Gasteiger partial charge in [-0.2, -0.15) is 0 Å². The van der Waals surface area contributed by atoms with Crippen LogP contribution in [0.5, 0.6) is 0 Å². The van der Waals surface area contributed by atoms with Gasteiger partial charge >= 0.3 is 0 Å². The fourth-order valence-corrected chi connectivity index (χ4v) is 1.69. The van der Waals surface area contributed by atoms with Gasteiger partial charge in [0.05, 0.1) is 0 Å². The molecule has 2 heteroatoms. The van der Waals surface area contributed by atoms with E-state index in [1.807, 2.05) is 18.2 Å². The monoisotopic (exact) mass is 211 g/mol. The second kappa shape index (κ2) is 6.05. The summed E-state index contributed by atoms with van der Waals surface area (Å²) in [5.41, 5.74) is 1.25. The Morgan fingerprint density at radius 3 is 2.86 bits per heavy atom. The summed E-state index contributed by atoms with van der Waals surface area (Å²) in [6.07, 6.45) is 2.45. The number of halogens is 1. The van der Waals surface area contributed by atoms with Crippen LogP contribution in [0.3, 0.4) is 0 Å². The van der Waals surface area contributed by atoms with Crippen LogP contribution in [0.1, 0.15) is 32.3 Å². The molecule has 0 aliphatic heterocycles. The molecule has 1 atom stereocenters. The molecule has 0 aliphatic rings. The zero-order valence-electron chi connectivity index (χ0n) is 8.89. The number of hydrogen-bond acceptors (Lipinski definition) is 1. The Hall–Kier alpha value is -0.530. The third-order valence-electron chi connectivity index (χ3n) is 2.27. The molecule has 0 aromatic heterocycles. The van der Waals surface area contributed by atoms with Crippen LogP contribution in [-0.4, -0.2) is 6.04 Å². The van der Waals surface area contributed by atoms with Crippen LogP contribution in [-0.2, 0) is 6.54 Å². The van der Waals surface area contributed by atoms with Crippen molar-refractivity contribution < 1.29 is 0 Å². The molecule has 0 heterocycles. The van der Waals surface area contributed by atoms with Crippen molar-refractivity contribution in [2.24, 2.45) is 0 Å². The molecule has 0 amide bonds. The molecule has 0 saturated carbocycles. The highest BCUT2D eigenvalue weighted by atomic mass is 35.5. The zero-order chi connectivity index (χ0) is 10.4. The van der Waals surface area contributed by atoms with E-state index >= 15 is 0 Å². The van der Waals surface area contributed by atoms with Crippen molar-refractivity contribution in [3.63, 3.8) is 0 Å². The van der Waals surface area contributed by atoms with E-state index in [0.717, 1.165) is 11.6 Å². The van der Waals surface area contributed by atoms with E-state index in [1.165, 1.54) is 18.4 Å².